The number of carbonyl (C=O) groups excluding carboxylic acids is 1. The predicted octanol–water partition coefficient (Wildman–Crippen LogP) is 2.77. The summed E-state index contributed by atoms with van der Waals surface area (Å²) in [7, 11) is 3.00. The Balaban J connectivity index is 1.60. The number of pyridine rings is 2. The number of rotatable bonds is 7. The number of aromatic nitrogens is 7. The summed E-state index contributed by atoms with van der Waals surface area (Å²) < 4.78 is 13.9. The van der Waals surface area contributed by atoms with Gasteiger partial charge >= 0.3 is 0 Å². The SMILES string of the molecule is COc1cncc(-n2cc(C(=O)Nc3cccc(-c4nncn4C(C)C)n3)c(OC)n2)c1. The van der Waals surface area contributed by atoms with E-state index in [0.29, 0.717) is 28.8 Å². The number of hydrogen-bond donors (Lipinski definition) is 1. The van der Waals surface area contributed by atoms with Gasteiger partial charge in [-0.25, -0.2) is 9.67 Å². The molecule has 0 aliphatic rings. The Labute approximate surface area is 184 Å². The van der Waals surface area contributed by atoms with Crippen LogP contribution in [0.15, 0.2) is 49.2 Å². The molecular formula is C21H22N8O3. The Bertz CT molecular complexity index is 1250. The van der Waals surface area contributed by atoms with Crippen LogP contribution in [0.3, 0.4) is 0 Å². The molecule has 0 spiro atoms. The standard InChI is InChI=1S/C21H22N8O3/c1-13(2)28-12-23-26-19(28)17-6-5-7-18(24-17)25-20(30)16-11-29(27-21(16)32-4)14-8-15(31-3)10-22-9-14/h5-13H,1-4H3,(H,24,25,30). The molecule has 4 rings (SSSR count). The van der Waals surface area contributed by atoms with E-state index in [1.165, 1.54) is 11.8 Å². The van der Waals surface area contributed by atoms with Crippen LogP contribution in [0.4, 0.5) is 5.82 Å². The summed E-state index contributed by atoms with van der Waals surface area (Å²) in [5, 5.41) is 15.2. The minimum Gasteiger partial charge on any atom is -0.495 e. The van der Waals surface area contributed by atoms with E-state index < -0.39 is 5.91 Å². The zero-order valence-electron chi connectivity index (χ0n) is 18.1. The van der Waals surface area contributed by atoms with Crippen molar-refractivity contribution < 1.29 is 14.3 Å². The van der Waals surface area contributed by atoms with Crippen molar-refractivity contribution in [2.24, 2.45) is 0 Å². The lowest BCUT2D eigenvalue weighted by molar-refractivity contribution is 0.102. The third-order valence-electron chi connectivity index (χ3n) is 4.67. The second kappa shape index (κ2) is 8.84. The Morgan fingerprint density at radius 1 is 1.16 bits per heavy atom. The van der Waals surface area contributed by atoms with E-state index >= 15 is 0 Å². The van der Waals surface area contributed by atoms with Crippen LogP contribution in [0, 0.1) is 0 Å². The molecule has 0 fully saturated rings. The van der Waals surface area contributed by atoms with Crippen LogP contribution in [-0.4, -0.2) is 54.6 Å². The summed E-state index contributed by atoms with van der Waals surface area (Å²) >= 11 is 0. The molecule has 0 saturated heterocycles. The molecule has 11 nitrogen and oxygen atoms in total. The van der Waals surface area contributed by atoms with Crippen molar-refractivity contribution in [2.75, 3.05) is 19.5 Å². The van der Waals surface area contributed by atoms with Gasteiger partial charge in [0.15, 0.2) is 5.82 Å². The summed E-state index contributed by atoms with van der Waals surface area (Å²) in [6, 6.07) is 7.21. The first kappa shape index (κ1) is 21.0. The first-order chi connectivity index (χ1) is 15.5. The molecule has 0 aliphatic carbocycles. The van der Waals surface area contributed by atoms with Gasteiger partial charge in [-0.15, -0.1) is 15.3 Å². The van der Waals surface area contributed by atoms with E-state index in [1.807, 2.05) is 24.5 Å². The van der Waals surface area contributed by atoms with Crippen molar-refractivity contribution in [2.45, 2.75) is 19.9 Å². The van der Waals surface area contributed by atoms with Crippen molar-refractivity contribution in [1.29, 1.82) is 0 Å². The van der Waals surface area contributed by atoms with E-state index in [4.69, 9.17) is 9.47 Å². The fourth-order valence-electron chi connectivity index (χ4n) is 3.06. The number of hydrogen-bond acceptors (Lipinski definition) is 8. The van der Waals surface area contributed by atoms with E-state index in [0.717, 1.165) is 0 Å². The van der Waals surface area contributed by atoms with Crippen molar-refractivity contribution in [1.82, 2.24) is 34.5 Å². The van der Waals surface area contributed by atoms with Crippen molar-refractivity contribution in [3.8, 4) is 28.8 Å². The lowest BCUT2D eigenvalue weighted by Crippen LogP contribution is -2.14. The first-order valence-corrected chi connectivity index (χ1v) is 9.81. The molecule has 4 aromatic heterocycles. The van der Waals surface area contributed by atoms with Crippen molar-refractivity contribution >= 4 is 11.7 Å². The van der Waals surface area contributed by atoms with Crippen LogP contribution in [0.1, 0.15) is 30.2 Å². The average Bonchev–Trinajstić information content (AvgIpc) is 3.47. The molecule has 0 aliphatic heterocycles. The molecule has 164 valence electrons. The number of amides is 1. The number of ether oxygens (including phenoxy) is 2. The monoisotopic (exact) mass is 434 g/mol. The minimum atomic E-state index is -0.418. The van der Waals surface area contributed by atoms with Gasteiger partial charge in [-0.3, -0.25) is 9.78 Å². The Morgan fingerprint density at radius 2 is 2.00 bits per heavy atom. The van der Waals surface area contributed by atoms with E-state index in [1.54, 1.807) is 50.2 Å². The van der Waals surface area contributed by atoms with Crippen LogP contribution < -0.4 is 14.8 Å². The lowest BCUT2D eigenvalue weighted by Gasteiger charge is -2.10. The highest BCUT2D eigenvalue weighted by Gasteiger charge is 2.20. The first-order valence-electron chi connectivity index (χ1n) is 9.81. The minimum absolute atomic E-state index is 0.168. The maximum absolute atomic E-state index is 13.0. The number of carbonyl (C=O) groups is 1. The number of nitrogens with one attached hydrogen (secondary N) is 1. The second-order valence-corrected chi connectivity index (χ2v) is 7.10. The summed E-state index contributed by atoms with van der Waals surface area (Å²) in [6.07, 6.45) is 6.40. The van der Waals surface area contributed by atoms with Gasteiger partial charge in [-0.05, 0) is 26.0 Å². The smallest absolute Gasteiger partial charge is 0.263 e. The summed E-state index contributed by atoms with van der Waals surface area (Å²) in [5.74, 6) is 1.30. The molecular weight excluding hydrogens is 412 g/mol. The van der Waals surface area contributed by atoms with Crippen LogP contribution in [0.5, 0.6) is 11.6 Å². The van der Waals surface area contributed by atoms with Gasteiger partial charge in [-0.2, -0.15) is 0 Å². The third kappa shape index (κ3) is 4.13. The molecule has 0 unspecified atom stereocenters. The summed E-state index contributed by atoms with van der Waals surface area (Å²) in [4.78, 5) is 21.6. The average molecular weight is 434 g/mol. The number of nitrogens with zero attached hydrogens (tertiary/aromatic N) is 7. The van der Waals surface area contributed by atoms with E-state index in [2.05, 4.69) is 30.6 Å². The maximum atomic E-state index is 13.0. The highest BCUT2D eigenvalue weighted by molar-refractivity contribution is 6.05. The normalized spacial score (nSPS) is 10.9. The molecule has 0 saturated carbocycles. The molecule has 0 aromatic carbocycles. The van der Waals surface area contributed by atoms with Gasteiger partial charge < -0.3 is 19.4 Å². The zero-order chi connectivity index (χ0) is 22.7. The van der Waals surface area contributed by atoms with Gasteiger partial charge in [0.05, 0.1) is 32.3 Å². The molecule has 4 heterocycles. The molecule has 11 heteroatoms. The molecule has 1 N–H and O–H groups in total. The number of anilines is 1. The Hall–Kier alpha value is -4.28. The van der Waals surface area contributed by atoms with Crippen molar-refractivity contribution in [3.63, 3.8) is 0 Å². The third-order valence-corrected chi connectivity index (χ3v) is 4.67. The van der Waals surface area contributed by atoms with Crippen LogP contribution in [-0.2, 0) is 0 Å². The van der Waals surface area contributed by atoms with Gasteiger partial charge in [-0.1, -0.05) is 6.07 Å². The van der Waals surface area contributed by atoms with Crippen molar-refractivity contribution in [3.05, 3.63) is 54.7 Å². The van der Waals surface area contributed by atoms with Gasteiger partial charge in [0.2, 0.25) is 5.88 Å². The lowest BCUT2D eigenvalue weighted by atomic mass is 10.3. The Morgan fingerprint density at radius 3 is 2.75 bits per heavy atom. The fraction of sp³-hybridized carbons (Fsp3) is 0.238. The summed E-state index contributed by atoms with van der Waals surface area (Å²) in [6.45, 7) is 4.06. The highest BCUT2D eigenvalue weighted by Crippen LogP contribution is 2.23. The molecule has 0 radical (unpaired) electrons. The Kier molecular flexibility index (Phi) is 5.79. The highest BCUT2D eigenvalue weighted by atomic mass is 16.5. The van der Waals surface area contributed by atoms with Gasteiger partial charge in [0, 0.05) is 18.3 Å². The summed E-state index contributed by atoms with van der Waals surface area (Å²) in [5.41, 5.74) is 1.46. The van der Waals surface area contributed by atoms with Gasteiger partial charge in [0.25, 0.3) is 5.91 Å². The van der Waals surface area contributed by atoms with E-state index in [-0.39, 0.29) is 17.5 Å². The van der Waals surface area contributed by atoms with Gasteiger partial charge in [0.1, 0.15) is 29.2 Å². The fourth-order valence-corrected chi connectivity index (χ4v) is 3.06. The molecule has 4 aromatic rings. The predicted molar refractivity (Wildman–Crippen MR) is 116 cm³/mol. The quantitative estimate of drug-likeness (QED) is 0.471. The molecule has 32 heavy (non-hydrogen) atoms. The molecule has 0 atom stereocenters. The molecule has 1 amide bonds. The topological polar surface area (TPSA) is 122 Å². The van der Waals surface area contributed by atoms with E-state index in [9.17, 15) is 4.79 Å². The largest absolute Gasteiger partial charge is 0.495 e. The maximum Gasteiger partial charge on any atom is 0.263 e. The second-order valence-electron chi connectivity index (χ2n) is 7.10. The molecule has 0 bridgehead atoms. The van der Waals surface area contributed by atoms with Crippen LogP contribution >= 0.6 is 0 Å². The van der Waals surface area contributed by atoms with Crippen LogP contribution in [0.25, 0.3) is 17.2 Å². The van der Waals surface area contributed by atoms with Crippen LogP contribution in [0.2, 0.25) is 0 Å². The number of methoxy groups -OCH3 is 2. The zero-order valence-corrected chi connectivity index (χ0v) is 18.1.